The van der Waals surface area contributed by atoms with E-state index in [1.807, 2.05) is 18.2 Å². The van der Waals surface area contributed by atoms with Crippen molar-refractivity contribution < 1.29 is 9.21 Å². The van der Waals surface area contributed by atoms with Crippen molar-refractivity contribution >= 4 is 17.3 Å². The smallest absolute Gasteiger partial charge is 0.261 e. The fourth-order valence-corrected chi connectivity index (χ4v) is 2.55. The molecule has 1 aromatic heterocycles. The molecule has 2 aromatic rings. The maximum absolute atomic E-state index is 12.6. The number of nitrogens with zero attached hydrogens (tertiary/aromatic N) is 1. The highest BCUT2D eigenvalue weighted by Gasteiger charge is 2.25. The number of carbonyl (C=O) groups is 1. The van der Waals surface area contributed by atoms with Gasteiger partial charge in [-0.05, 0) is 43.5 Å². The summed E-state index contributed by atoms with van der Waals surface area (Å²) in [6.07, 6.45) is 3.51. The van der Waals surface area contributed by atoms with Crippen molar-refractivity contribution in [1.29, 1.82) is 0 Å². The Morgan fingerprint density at radius 1 is 1.37 bits per heavy atom. The van der Waals surface area contributed by atoms with Gasteiger partial charge in [0.15, 0.2) is 0 Å². The number of benzene rings is 1. The first-order valence-corrected chi connectivity index (χ1v) is 6.41. The number of hydrogen-bond acceptors (Lipinski definition) is 3. The van der Waals surface area contributed by atoms with Crippen molar-refractivity contribution in [3.05, 3.63) is 47.4 Å². The summed E-state index contributed by atoms with van der Waals surface area (Å²) in [4.78, 5) is 14.4. The lowest BCUT2D eigenvalue weighted by Gasteiger charge is -2.29. The van der Waals surface area contributed by atoms with E-state index in [1.165, 1.54) is 5.56 Å². The summed E-state index contributed by atoms with van der Waals surface area (Å²) in [5.41, 5.74) is 9.24. The molecule has 1 aromatic carbocycles. The van der Waals surface area contributed by atoms with Gasteiger partial charge in [0, 0.05) is 17.9 Å². The van der Waals surface area contributed by atoms with Crippen LogP contribution in [0.3, 0.4) is 0 Å². The first kappa shape index (κ1) is 11.8. The van der Waals surface area contributed by atoms with Gasteiger partial charge in [-0.15, -0.1) is 0 Å². The monoisotopic (exact) mass is 256 g/mol. The standard InChI is InChI=1S/C15H16N2O2/c1-10-13(6-8-19-10)15(18)17-7-2-3-11-4-5-12(16)9-14(11)17/h4-6,8-9H,2-3,7,16H2,1H3. The van der Waals surface area contributed by atoms with Gasteiger partial charge in [-0.1, -0.05) is 6.07 Å². The van der Waals surface area contributed by atoms with Gasteiger partial charge in [0.2, 0.25) is 0 Å². The number of aryl methyl sites for hydroxylation is 2. The van der Waals surface area contributed by atoms with Crippen LogP contribution in [0.2, 0.25) is 0 Å². The fraction of sp³-hybridized carbons (Fsp3) is 0.267. The molecule has 0 radical (unpaired) electrons. The molecule has 2 heterocycles. The maximum atomic E-state index is 12.6. The van der Waals surface area contributed by atoms with E-state index < -0.39 is 0 Å². The molecule has 0 spiro atoms. The maximum Gasteiger partial charge on any atom is 0.261 e. The Morgan fingerprint density at radius 3 is 2.95 bits per heavy atom. The molecular formula is C15H16N2O2. The highest BCUT2D eigenvalue weighted by Crippen LogP contribution is 2.30. The largest absolute Gasteiger partial charge is 0.469 e. The number of anilines is 2. The third kappa shape index (κ3) is 1.99. The number of carbonyl (C=O) groups excluding carboxylic acids is 1. The summed E-state index contributed by atoms with van der Waals surface area (Å²) in [5, 5.41) is 0. The van der Waals surface area contributed by atoms with Gasteiger partial charge in [0.1, 0.15) is 5.76 Å². The van der Waals surface area contributed by atoms with Gasteiger partial charge >= 0.3 is 0 Å². The number of furan rings is 1. The molecule has 0 aliphatic carbocycles. The van der Waals surface area contributed by atoms with E-state index in [4.69, 9.17) is 10.2 Å². The Bertz CT molecular complexity index is 631. The van der Waals surface area contributed by atoms with Crippen LogP contribution in [0.25, 0.3) is 0 Å². The average Bonchev–Trinajstić information content (AvgIpc) is 2.83. The lowest BCUT2D eigenvalue weighted by molar-refractivity contribution is 0.0983. The molecule has 1 aliphatic heterocycles. The average molecular weight is 256 g/mol. The summed E-state index contributed by atoms with van der Waals surface area (Å²) in [5.74, 6) is 0.638. The molecule has 1 aliphatic rings. The molecule has 1 amide bonds. The molecule has 0 atom stereocenters. The van der Waals surface area contributed by atoms with Crippen LogP contribution in [0, 0.1) is 6.92 Å². The number of hydrogen-bond donors (Lipinski definition) is 1. The topological polar surface area (TPSA) is 59.5 Å². The highest BCUT2D eigenvalue weighted by molar-refractivity contribution is 6.07. The van der Waals surface area contributed by atoms with E-state index in [0.717, 1.165) is 25.1 Å². The molecule has 4 nitrogen and oxygen atoms in total. The third-order valence-electron chi connectivity index (χ3n) is 3.56. The van der Waals surface area contributed by atoms with Crippen LogP contribution in [0.4, 0.5) is 11.4 Å². The molecule has 4 heteroatoms. The van der Waals surface area contributed by atoms with E-state index in [9.17, 15) is 4.79 Å². The van der Waals surface area contributed by atoms with E-state index in [1.54, 1.807) is 24.2 Å². The predicted molar refractivity (Wildman–Crippen MR) is 74.3 cm³/mol. The predicted octanol–water partition coefficient (Wildman–Crippen LogP) is 2.76. The van der Waals surface area contributed by atoms with Crippen LogP contribution in [0.5, 0.6) is 0 Å². The van der Waals surface area contributed by atoms with Crippen LogP contribution < -0.4 is 10.6 Å². The fourth-order valence-electron chi connectivity index (χ4n) is 2.55. The van der Waals surface area contributed by atoms with Gasteiger partial charge in [0.05, 0.1) is 11.8 Å². The van der Waals surface area contributed by atoms with Crippen molar-refractivity contribution in [2.45, 2.75) is 19.8 Å². The normalized spacial score (nSPS) is 14.3. The molecule has 0 bridgehead atoms. The first-order chi connectivity index (χ1) is 9.16. The lowest BCUT2D eigenvalue weighted by atomic mass is 10.0. The van der Waals surface area contributed by atoms with Crippen molar-refractivity contribution in [1.82, 2.24) is 0 Å². The highest BCUT2D eigenvalue weighted by atomic mass is 16.3. The molecule has 0 saturated heterocycles. The summed E-state index contributed by atoms with van der Waals surface area (Å²) in [6.45, 7) is 2.53. The number of amides is 1. The van der Waals surface area contributed by atoms with Gasteiger partial charge in [-0.25, -0.2) is 0 Å². The minimum atomic E-state index is -0.0159. The molecule has 98 valence electrons. The molecule has 0 saturated carbocycles. The zero-order valence-electron chi connectivity index (χ0n) is 10.8. The molecule has 0 fully saturated rings. The number of fused-ring (bicyclic) bond motifs is 1. The van der Waals surface area contributed by atoms with Crippen LogP contribution in [0.15, 0.2) is 34.9 Å². The summed E-state index contributed by atoms with van der Waals surface area (Å²) < 4.78 is 5.22. The van der Waals surface area contributed by atoms with Crippen molar-refractivity contribution in [2.75, 3.05) is 17.2 Å². The van der Waals surface area contributed by atoms with Crippen LogP contribution >= 0.6 is 0 Å². The Labute approximate surface area is 111 Å². The summed E-state index contributed by atoms with van der Waals surface area (Å²) in [6, 6.07) is 7.49. The van der Waals surface area contributed by atoms with Gasteiger partial charge in [-0.2, -0.15) is 0 Å². The van der Waals surface area contributed by atoms with E-state index in [0.29, 0.717) is 17.0 Å². The molecule has 0 unspecified atom stereocenters. The van der Waals surface area contributed by atoms with Crippen LogP contribution in [-0.2, 0) is 6.42 Å². The summed E-state index contributed by atoms with van der Waals surface area (Å²) in [7, 11) is 0. The minimum absolute atomic E-state index is 0.0159. The second kappa shape index (κ2) is 4.46. The van der Waals surface area contributed by atoms with Crippen LogP contribution in [0.1, 0.15) is 28.1 Å². The van der Waals surface area contributed by atoms with Crippen molar-refractivity contribution in [2.24, 2.45) is 0 Å². The van der Waals surface area contributed by atoms with Crippen molar-refractivity contribution in [3.8, 4) is 0 Å². The second-order valence-electron chi connectivity index (χ2n) is 4.84. The Morgan fingerprint density at radius 2 is 2.21 bits per heavy atom. The Hall–Kier alpha value is -2.23. The number of rotatable bonds is 1. The van der Waals surface area contributed by atoms with Gasteiger partial charge in [-0.3, -0.25) is 4.79 Å². The first-order valence-electron chi connectivity index (χ1n) is 6.41. The third-order valence-corrected chi connectivity index (χ3v) is 3.56. The molecule has 2 N–H and O–H groups in total. The van der Waals surface area contributed by atoms with E-state index in [-0.39, 0.29) is 5.91 Å². The Kier molecular flexibility index (Phi) is 2.78. The minimum Gasteiger partial charge on any atom is -0.469 e. The van der Waals surface area contributed by atoms with Crippen LogP contribution in [-0.4, -0.2) is 12.5 Å². The number of nitrogen functional groups attached to an aromatic ring is 1. The van der Waals surface area contributed by atoms with E-state index >= 15 is 0 Å². The zero-order valence-corrected chi connectivity index (χ0v) is 10.8. The Balaban J connectivity index is 2.02. The number of nitrogens with two attached hydrogens (primary N) is 1. The second-order valence-corrected chi connectivity index (χ2v) is 4.84. The van der Waals surface area contributed by atoms with Gasteiger partial charge in [0.25, 0.3) is 5.91 Å². The zero-order chi connectivity index (χ0) is 13.4. The molecule has 19 heavy (non-hydrogen) atoms. The summed E-state index contributed by atoms with van der Waals surface area (Å²) >= 11 is 0. The van der Waals surface area contributed by atoms with Crippen molar-refractivity contribution in [3.63, 3.8) is 0 Å². The molecular weight excluding hydrogens is 240 g/mol. The van der Waals surface area contributed by atoms with Gasteiger partial charge < -0.3 is 15.1 Å². The lowest BCUT2D eigenvalue weighted by Crippen LogP contribution is -2.35. The molecule has 3 rings (SSSR count). The van der Waals surface area contributed by atoms with E-state index in [2.05, 4.69) is 0 Å². The SMILES string of the molecule is Cc1occc1C(=O)N1CCCc2ccc(N)cc21. The quantitative estimate of drug-likeness (QED) is 0.798.